The number of amides is 1. The van der Waals surface area contributed by atoms with E-state index in [0.717, 1.165) is 54.0 Å². The van der Waals surface area contributed by atoms with Gasteiger partial charge < -0.3 is 15.4 Å². The molecule has 0 aromatic heterocycles. The van der Waals surface area contributed by atoms with E-state index in [4.69, 9.17) is 4.74 Å². The van der Waals surface area contributed by atoms with Gasteiger partial charge in [0.25, 0.3) is 5.91 Å². The summed E-state index contributed by atoms with van der Waals surface area (Å²) in [6.45, 7) is 2.14. The van der Waals surface area contributed by atoms with Crippen molar-refractivity contribution in [1.82, 2.24) is 5.32 Å². The Morgan fingerprint density at radius 2 is 1.80 bits per heavy atom. The van der Waals surface area contributed by atoms with Crippen LogP contribution in [-0.4, -0.2) is 24.6 Å². The van der Waals surface area contributed by atoms with Crippen LogP contribution in [-0.2, 0) is 6.42 Å². The van der Waals surface area contributed by atoms with Crippen LogP contribution in [0.3, 0.4) is 0 Å². The summed E-state index contributed by atoms with van der Waals surface area (Å²) in [5, 5.41) is 6.82. The van der Waals surface area contributed by atoms with E-state index >= 15 is 4.39 Å². The zero-order chi connectivity index (χ0) is 24.4. The van der Waals surface area contributed by atoms with Gasteiger partial charge in [-0.3, -0.25) is 4.79 Å². The molecule has 0 unspecified atom stereocenters. The first-order chi connectivity index (χ1) is 16.9. The molecule has 2 aromatic carbocycles. The van der Waals surface area contributed by atoms with E-state index in [9.17, 15) is 4.79 Å². The number of carbonyl (C=O) groups excluding carboxylic acids is 1. The fourth-order valence-electron chi connectivity index (χ4n) is 7.37. The molecule has 4 bridgehead atoms. The Balaban J connectivity index is 1.26. The summed E-state index contributed by atoms with van der Waals surface area (Å²) in [7, 11) is 1.65. The maximum Gasteiger partial charge on any atom is 0.254 e. The zero-order valence-electron chi connectivity index (χ0n) is 21.1. The van der Waals surface area contributed by atoms with Gasteiger partial charge in [-0.25, -0.2) is 4.39 Å². The summed E-state index contributed by atoms with van der Waals surface area (Å²) in [5.41, 5.74) is 2.14. The molecule has 35 heavy (non-hydrogen) atoms. The van der Waals surface area contributed by atoms with E-state index in [1.165, 1.54) is 44.6 Å². The van der Waals surface area contributed by atoms with Crippen LogP contribution in [0.25, 0.3) is 0 Å². The molecule has 0 radical (unpaired) electrons. The van der Waals surface area contributed by atoms with Gasteiger partial charge in [-0.05, 0) is 105 Å². The van der Waals surface area contributed by atoms with Gasteiger partial charge in [0.2, 0.25) is 0 Å². The summed E-state index contributed by atoms with van der Waals surface area (Å²) in [5.74, 6) is 2.49. The summed E-state index contributed by atoms with van der Waals surface area (Å²) in [6.07, 6.45) is 11.3. The van der Waals surface area contributed by atoms with Crippen molar-refractivity contribution in [2.45, 2.75) is 82.7 Å². The number of nitrogens with one attached hydrogen (secondary N) is 2. The molecule has 4 aliphatic rings. The number of rotatable bonds is 10. The number of benzene rings is 2. The third-order valence-electron chi connectivity index (χ3n) is 8.52. The number of halogens is 1. The molecule has 4 nitrogen and oxygen atoms in total. The maximum atomic E-state index is 15.2. The van der Waals surface area contributed by atoms with E-state index in [1.807, 2.05) is 30.3 Å². The molecule has 188 valence electrons. The van der Waals surface area contributed by atoms with Crippen LogP contribution in [0.2, 0.25) is 0 Å². The Bertz CT molecular complexity index is 1020. The normalized spacial score (nSPS) is 27.5. The van der Waals surface area contributed by atoms with Crippen molar-refractivity contribution < 1.29 is 13.9 Å². The first-order valence-corrected chi connectivity index (χ1v) is 13.5. The number of anilines is 1. The summed E-state index contributed by atoms with van der Waals surface area (Å²) < 4.78 is 20.5. The first kappa shape index (κ1) is 24.1. The van der Waals surface area contributed by atoms with Crippen LogP contribution in [0.4, 0.5) is 10.1 Å². The lowest BCUT2D eigenvalue weighted by atomic mass is 9.53. The largest absolute Gasteiger partial charge is 0.497 e. The van der Waals surface area contributed by atoms with Crippen molar-refractivity contribution in [3.05, 3.63) is 59.4 Å². The van der Waals surface area contributed by atoms with Gasteiger partial charge in [0.15, 0.2) is 0 Å². The smallest absolute Gasteiger partial charge is 0.254 e. The van der Waals surface area contributed by atoms with Crippen LogP contribution < -0.4 is 15.4 Å². The standard InChI is InChI=1S/C30H39FN2O2/c1-3-4-7-24(14-20-6-5-8-26(15-20)35-2)32-29(34)27-10-9-25(16-28(27)31)33-30-17-21-11-22(18-30)13-23(12-21)19-30/h5-6,8-10,15-16,21-24,33H,3-4,7,11-14,17-19H2,1-2H3,(H,32,34)/t21?,22?,23?,24-,30?/m0/s1. The number of unbranched alkanes of at least 4 members (excludes halogenated alkanes) is 1. The second kappa shape index (κ2) is 10.2. The predicted molar refractivity (Wildman–Crippen MR) is 138 cm³/mol. The highest BCUT2D eigenvalue weighted by atomic mass is 19.1. The molecule has 2 N–H and O–H groups in total. The van der Waals surface area contributed by atoms with Gasteiger partial charge in [0.1, 0.15) is 11.6 Å². The molecular formula is C30H39FN2O2. The fourth-order valence-corrected chi connectivity index (χ4v) is 7.37. The Kier molecular flexibility index (Phi) is 7.04. The molecule has 5 heteroatoms. The molecule has 0 spiro atoms. The zero-order valence-corrected chi connectivity index (χ0v) is 21.1. The molecule has 1 amide bonds. The topological polar surface area (TPSA) is 50.4 Å². The van der Waals surface area contributed by atoms with Gasteiger partial charge in [-0.2, -0.15) is 0 Å². The van der Waals surface area contributed by atoms with E-state index < -0.39 is 5.82 Å². The van der Waals surface area contributed by atoms with Gasteiger partial charge in [0.05, 0.1) is 12.7 Å². The van der Waals surface area contributed by atoms with Crippen LogP contribution in [0, 0.1) is 23.6 Å². The van der Waals surface area contributed by atoms with Gasteiger partial charge >= 0.3 is 0 Å². The monoisotopic (exact) mass is 478 g/mol. The Hall–Kier alpha value is -2.56. The number of methoxy groups -OCH3 is 1. The third-order valence-corrected chi connectivity index (χ3v) is 8.52. The van der Waals surface area contributed by atoms with Crippen molar-refractivity contribution >= 4 is 11.6 Å². The first-order valence-electron chi connectivity index (χ1n) is 13.5. The Morgan fingerprint density at radius 1 is 1.09 bits per heavy atom. The summed E-state index contributed by atoms with van der Waals surface area (Å²) in [6, 6.07) is 12.9. The van der Waals surface area contributed by atoms with Gasteiger partial charge in [-0.1, -0.05) is 31.9 Å². The number of ether oxygens (including phenoxy) is 1. The van der Waals surface area contributed by atoms with Crippen LogP contribution >= 0.6 is 0 Å². The molecule has 4 fully saturated rings. The summed E-state index contributed by atoms with van der Waals surface area (Å²) in [4.78, 5) is 13.1. The molecule has 6 rings (SSSR count). The van der Waals surface area contributed by atoms with Crippen molar-refractivity contribution in [2.24, 2.45) is 17.8 Å². The SMILES string of the molecule is CCCC[C@@H](Cc1cccc(OC)c1)NC(=O)c1ccc(NC23CC4CC(CC(C4)C2)C3)cc1F. The average Bonchev–Trinajstić information content (AvgIpc) is 2.81. The average molecular weight is 479 g/mol. The lowest BCUT2D eigenvalue weighted by molar-refractivity contribution is 0.0107. The van der Waals surface area contributed by atoms with Crippen LogP contribution in [0.5, 0.6) is 5.75 Å². The molecule has 2 aromatic rings. The molecule has 4 aliphatic carbocycles. The number of hydrogen-bond acceptors (Lipinski definition) is 3. The second-order valence-electron chi connectivity index (χ2n) is 11.4. The van der Waals surface area contributed by atoms with E-state index in [1.54, 1.807) is 13.2 Å². The highest BCUT2D eigenvalue weighted by molar-refractivity contribution is 5.95. The van der Waals surface area contributed by atoms with Crippen molar-refractivity contribution in [3.63, 3.8) is 0 Å². The third kappa shape index (κ3) is 5.49. The minimum atomic E-state index is -0.451. The Morgan fingerprint density at radius 3 is 2.43 bits per heavy atom. The van der Waals surface area contributed by atoms with E-state index in [0.29, 0.717) is 6.42 Å². The number of carbonyl (C=O) groups is 1. The molecule has 0 heterocycles. The van der Waals surface area contributed by atoms with E-state index in [-0.39, 0.29) is 23.1 Å². The van der Waals surface area contributed by atoms with Crippen molar-refractivity contribution in [3.8, 4) is 5.75 Å². The van der Waals surface area contributed by atoms with Crippen LogP contribution in [0.1, 0.15) is 80.6 Å². The number of hydrogen-bond donors (Lipinski definition) is 2. The predicted octanol–water partition coefficient (Wildman–Crippen LogP) is 6.75. The molecule has 1 atom stereocenters. The maximum absolute atomic E-state index is 15.2. The molecule has 4 saturated carbocycles. The minimum Gasteiger partial charge on any atom is -0.497 e. The van der Waals surface area contributed by atoms with Crippen molar-refractivity contribution in [1.29, 1.82) is 0 Å². The van der Waals surface area contributed by atoms with E-state index in [2.05, 4.69) is 17.6 Å². The lowest BCUT2D eigenvalue weighted by Gasteiger charge is -2.57. The lowest BCUT2D eigenvalue weighted by Crippen LogP contribution is -2.54. The highest BCUT2D eigenvalue weighted by Crippen LogP contribution is 2.56. The fraction of sp³-hybridized carbons (Fsp3) is 0.567. The quantitative estimate of drug-likeness (QED) is 0.397. The van der Waals surface area contributed by atoms with Gasteiger partial charge in [-0.15, -0.1) is 0 Å². The Labute approximate surface area is 209 Å². The molecule has 0 aliphatic heterocycles. The minimum absolute atomic E-state index is 0.0567. The molecule has 0 saturated heterocycles. The summed E-state index contributed by atoms with van der Waals surface area (Å²) >= 11 is 0. The van der Waals surface area contributed by atoms with Crippen LogP contribution in [0.15, 0.2) is 42.5 Å². The second-order valence-corrected chi connectivity index (χ2v) is 11.4. The van der Waals surface area contributed by atoms with Crippen molar-refractivity contribution in [2.75, 3.05) is 12.4 Å². The molecular weight excluding hydrogens is 439 g/mol. The highest BCUT2D eigenvalue weighted by Gasteiger charge is 2.50. The van der Waals surface area contributed by atoms with Gasteiger partial charge in [0, 0.05) is 17.3 Å².